The summed E-state index contributed by atoms with van der Waals surface area (Å²) in [6.45, 7) is 46.8. The van der Waals surface area contributed by atoms with Crippen LogP contribution in [0.25, 0.3) is 0 Å². The van der Waals surface area contributed by atoms with Gasteiger partial charge in [0, 0.05) is 65.6 Å². The molecule has 0 spiro atoms. The lowest BCUT2D eigenvalue weighted by atomic mass is 9.91. The quantitative estimate of drug-likeness (QED) is 0.0189. The number of benzene rings is 5. The van der Waals surface area contributed by atoms with Crippen molar-refractivity contribution in [3.05, 3.63) is 169 Å². The fourth-order valence-corrected chi connectivity index (χ4v) is 16.2. The van der Waals surface area contributed by atoms with Gasteiger partial charge >= 0.3 is 5.97 Å². The first-order valence-electron chi connectivity index (χ1n) is 41.7. The molecule has 3 saturated heterocycles. The minimum atomic E-state index is -1.67. The lowest BCUT2D eigenvalue weighted by Gasteiger charge is -2.46. The molecule has 3 N–H and O–H groups in total. The van der Waals surface area contributed by atoms with Crippen LogP contribution in [-0.2, 0) is 63.7 Å². The molecule has 654 valence electrons. The summed E-state index contributed by atoms with van der Waals surface area (Å²) in [5.41, 5.74) is 23.7. The van der Waals surface area contributed by atoms with E-state index in [2.05, 4.69) is 231 Å². The number of carboxylic acid groups (broad SMARTS) is 1. The number of quaternary nitrogens is 2. The number of ketones is 4. The van der Waals surface area contributed by atoms with Gasteiger partial charge in [0.1, 0.15) is 16.9 Å². The van der Waals surface area contributed by atoms with Crippen molar-refractivity contribution in [1.82, 2.24) is 4.90 Å². The van der Waals surface area contributed by atoms with Gasteiger partial charge in [-0.25, -0.2) is 4.21 Å². The Labute approximate surface area is 763 Å². The number of Topliss-reactive ketones (excluding diaryl/α,β-unsaturated/α-hetero) is 4. The highest BCUT2D eigenvalue weighted by Crippen LogP contribution is 2.30. The average Bonchev–Trinajstić information content (AvgIpc) is 0.793. The van der Waals surface area contributed by atoms with Gasteiger partial charge in [-0.3, -0.25) is 33.7 Å². The van der Waals surface area contributed by atoms with Crippen molar-refractivity contribution < 1.29 is 83.4 Å². The van der Waals surface area contributed by atoms with Crippen LogP contribution in [-0.4, -0.2) is 142 Å². The summed E-state index contributed by atoms with van der Waals surface area (Å²) in [6.07, 6.45) is 28.1. The van der Waals surface area contributed by atoms with Gasteiger partial charge in [-0.1, -0.05) is 233 Å². The van der Waals surface area contributed by atoms with Crippen molar-refractivity contribution in [3.8, 4) is 0 Å². The first-order valence-corrected chi connectivity index (χ1v) is 47.7. The molecule has 12 nitrogen and oxygen atoms in total. The molecule has 115 heavy (non-hydrogen) atoms. The van der Waals surface area contributed by atoms with E-state index in [1.54, 1.807) is 0 Å². The van der Waals surface area contributed by atoms with Crippen molar-refractivity contribution in [1.29, 1.82) is 0 Å². The van der Waals surface area contributed by atoms with E-state index < -0.39 is 15.2 Å². The highest BCUT2D eigenvalue weighted by Gasteiger charge is 2.42. The van der Waals surface area contributed by atoms with E-state index in [4.69, 9.17) is 26.7 Å². The zero-order chi connectivity index (χ0) is 84.7. The molecular weight excluding hydrogens is 1850 g/mol. The molecule has 0 aromatic heterocycles. The maximum atomic E-state index is 13.1. The summed E-state index contributed by atoms with van der Waals surface area (Å²) >= 11 is 14.4. The monoisotopic (exact) mass is 2000 g/mol. The zero-order valence-corrected chi connectivity index (χ0v) is 83.4. The van der Waals surface area contributed by atoms with Gasteiger partial charge in [0.05, 0.1) is 55.0 Å². The number of nitrogens with zero attached hydrogens (tertiary/aromatic N) is 3. The minimum Gasteiger partial charge on any atom is -1.00 e. The van der Waals surface area contributed by atoms with Crippen molar-refractivity contribution in [2.75, 3.05) is 58.1 Å². The maximum absolute atomic E-state index is 13.1. The third-order valence-corrected chi connectivity index (χ3v) is 26.9. The van der Waals surface area contributed by atoms with Crippen LogP contribution in [0.3, 0.4) is 0 Å². The molecule has 1 aliphatic carbocycles. The Bertz CT molecular complexity index is 3390. The van der Waals surface area contributed by atoms with E-state index in [-0.39, 0.29) is 87.4 Å². The van der Waals surface area contributed by atoms with E-state index in [0.29, 0.717) is 49.5 Å². The molecule has 4 fully saturated rings. The van der Waals surface area contributed by atoms with Gasteiger partial charge in [-0.05, 0) is 263 Å². The van der Waals surface area contributed by atoms with E-state index in [9.17, 15) is 28.8 Å². The number of carbonyl (C=O) groups is 6. The number of hydrogen-bond donors (Lipinski definition) is 2. The Balaban J connectivity index is -0.00000128. The minimum absolute atomic E-state index is 0. The lowest BCUT2D eigenvalue weighted by molar-refractivity contribution is -0.945. The van der Waals surface area contributed by atoms with Gasteiger partial charge in [0.2, 0.25) is 14.5 Å². The second-order valence-corrected chi connectivity index (χ2v) is 37.1. The van der Waals surface area contributed by atoms with Crippen molar-refractivity contribution >= 4 is 130 Å². The molecule has 6 unspecified atom stereocenters. The molecule has 6 atom stereocenters. The number of hydrogen-bond acceptors (Lipinski definition) is 9. The second kappa shape index (κ2) is 64.8. The summed E-state index contributed by atoms with van der Waals surface area (Å²) in [4.78, 5) is 72.5. The number of para-hydroxylation sites is 1. The highest BCUT2D eigenvalue weighted by atomic mass is 127. The van der Waals surface area contributed by atoms with Crippen molar-refractivity contribution in [2.24, 2.45) is 0 Å². The lowest BCUT2D eigenvalue weighted by Crippen LogP contribution is -3.00. The molecule has 21 heteroatoms. The van der Waals surface area contributed by atoms with Crippen LogP contribution in [0.5, 0.6) is 0 Å². The number of carboxylic acids is 1. The fourth-order valence-electron chi connectivity index (χ4n) is 15.9. The number of anilines is 1. The summed E-state index contributed by atoms with van der Waals surface area (Å²) in [7, 11) is 7.36. The predicted octanol–water partition coefficient (Wildman–Crippen LogP) is 18.8. The molecule has 5 aromatic rings. The summed E-state index contributed by atoms with van der Waals surface area (Å²) in [5, 5.41) is 7.82. The predicted molar refractivity (Wildman–Crippen MR) is 497 cm³/mol. The second-order valence-electron chi connectivity index (χ2n) is 30.9. The molecule has 0 amide bonds. The SMILES string of the molecule is C.C1CCCCC1.CCC(Br)C(=O)Cc1c(C)cccc1C.CCC(Br)C(=O)Cl.CCC(Br)C(=O)O.CCC(C(=O)Cc1c(C)cccc1C)N1CCCCC1.CCC(C(=O)Cc1c(C)cccc1C)[N+]1(CC)CCCCC1.CCC(C(=O)Cc1c(C)cccc1C)[N+]1(CC)CCCCC1.Cc1cccc(C)c1N.O=S(Cl)Cl.[Cl-].[I-]. The smallest absolute Gasteiger partial charge is 0.317 e. The molecule has 0 bridgehead atoms. The normalized spacial score (nSPS) is 15.9. The number of carbonyl (C=O) groups excluding carboxylic acids is 5. The van der Waals surface area contributed by atoms with Gasteiger partial charge in [-0.2, -0.15) is 0 Å². The number of rotatable bonds is 25. The van der Waals surface area contributed by atoms with Crippen LogP contribution in [0.1, 0.15) is 276 Å². The molecule has 5 aromatic carbocycles. The third kappa shape index (κ3) is 43.1. The molecule has 3 aliphatic heterocycles. The number of piperidine rings is 3. The standard InChI is InChI=1S/2C20H32NO.C18H27NO.C13H17BrO.C8H11N.C6H12.C4H6BrClO.C4H7BrO2.CH4.Cl2OS.ClH.HI/c2*1-5-19(21(6-2)13-8-7-9-14-21)20(22)15-18-16(3)11-10-12-17(18)4;1-4-17(19-11-6-5-7-12-19)18(20)13-16-14(2)9-8-10-15(16)3;1-4-12(14)13(15)8-11-9(2)6-5-7-10(11)3;1-6-4-3-5-7(2)8(6)9;1-2-4-6-5-3-1;2*1-2-3(5)4(6)7;;1-4(2)3;;/h2*10-12,19H,5-9,13-15H2,1-4H3;8-10,17H,4-7,11-13H2,1-3H3;5-7,12H,4,8H2,1-3H3;3-5H,9H2,1-2H3;1-6H2;3H,2H2,1H3;3H,2H2,1H3,(H,6,7);1H4;;2*1H/q2*+1;;;;;;;;;;/p-2. The highest BCUT2D eigenvalue weighted by molar-refractivity contribution is 9.10. The van der Waals surface area contributed by atoms with E-state index >= 15 is 0 Å². The van der Waals surface area contributed by atoms with Gasteiger partial charge in [0.15, 0.2) is 23.1 Å². The largest absolute Gasteiger partial charge is 1.00 e. The Hall–Kier alpha value is -2.92. The molecule has 3 heterocycles. The molecular formula is C94H148Br3Cl4IN4O8S. The average molecular weight is 2000 g/mol. The van der Waals surface area contributed by atoms with Crippen LogP contribution >= 0.6 is 80.8 Å². The third-order valence-electron chi connectivity index (χ3n) is 23.1. The maximum Gasteiger partial charge on any atom is 0.317 e. The van der Waals surface area contributed by atoms with Crippen LogP contribution in [0.4, 0.5) is 5.69 Å². The van der Waals surface area contributed by atoms with Gasteiger partial charge in [-0.15, -0.1) is 0 Å². The molecule has 1 saturated carbocycles. The van der Waals surface area contributed by atoms with Gasteiger partial charge < -0.3 is 56.2 Å². The Kier molecular flexibility index (Phi) is 65.5. The number of likely N-dealkylation sites (N-methyl/N-ethyl adjacent to an activating group) is 2. The summed E-state index contributed by atoms with van der Waals surface area (Å²) in [6, 6.07) is 31.7. The number of likely N-dealkylation sites (tertiary alicyclic amines) is 3. The van der Waals surface area contributed by atoms with Crippen molar-refractivity contribution in [2.45, 2.75) is 325 Å². The number of nitrogen functional groups attached to an aromatic ring is 1. The Morgan fingerprint density at radius 1 is 0.409 bits per heavy atom. The fraction of sp³-hybridized carbons (Fsp3) is 0.617. The summed E-state index contributed by atoms with van der Waals surface area (Å²) < 4.78 is 11.1. The van der Waals surface area contributed by atoms with E-state index in [1.165, 1.54) is 189 Å². The van der Waals surface area contributed by atoms with Crippen molar-refractivity contribution in [3.63, 3.8) is 0 Å². The number of aliphatic carboxylic acids is 1. The molecule has 4 aliphatic rings. The van der Waals surface area contributed by atoms with Crippen LogP contribution < -0.4 is 42.1 Å². The van der Waals surface area contributed by atoms with Crippen LogP contribution in [0.2, 0.25) is 0 Å². The number of halogens is 8. The Morgan fingerprint density at radius 2 is 0.652 bits per heavy atom. The first kappa shape index (κ1) is 116. The number of aryl methyl sites for hydroxylation is 10. The molecule has 9 rings (SSSR count). The summed E-state index contributed by atoms with van der Waals surface area (Å²) in [5.74, 6) is 0.775. The first-order chi connectivity index (χ1) is 53.1. The number of nitrogens with two attached hydrogens (primary N) is 1. The van der Waals surface area contributed by atoms with E-state index in [1.807, 2.05) is 58.9 Å². The zero-order valence-electron chi connectivity index (χ0n) is 72.6. The Morgan fingerprint density at radius 3 is 0.861 bits per heavy atom. The molecule has 0 radical (unpaired) electrons. The van der Waals surface area contributed by atoms with Gasteiger partial charge in [0.25, 0.3) is 0 Å². The number of alkyl halides is 3. The topological polar surface area (TPSA) is 169 Å². The van der Waals surface area contributed by atoms with Crippen LogP contribution in [0, 0.1) is 69.2 Å². The van der Waals surface area contributed by atoms with Crippen LogP contribution in [0.15, 0.2) is 91.0 Å². The van der Waals surface area contributed by atoms with E-state index in [0.717, 1.165) is 84.1 Å².